The van der Waals surface area contributed by atoms with E-state index < -0.39 is 0 Å². The Kier molecular flexibility index (Phi) is 4.12. The number of nitrogens with one attached hydrogen (secondary N) is 1. The zero-order valence-electron chi connectivity index (χ0n) is 10.5. The number of thiazole rings is 1. The van der Waals surface area contributed by atoms with E-state index in [4.69, 9.17) is 34.8 Å². The molecular formula is C13H7Cl3N2OS2. The molecule has 0 aliphatic heterocycles. The molecule has 1 aromatic carbocycles. The molecule has 21 heavy (non-hydrogen) atoms. The quantitative estimate of drug-likeness (QED) is 0.606. The van der Waals surface area contributed by atoms with Crippen LogP contribution in [0.5, 0.6) is 0 Å². The molecular weight excluding hydrogens is 371 g/mol. The number of halogens is 3. The van der Waals surface area contributed by atoms with Gasteiger partial charge in [-0.25, -0.2) is 4.98 Å². The first kappa shape index (κ1) is 15.1. The zero-order valence-corrected chi connectivity index (χ0v) is 14.4. The fourth-order valence-electron chi connectivity index (χ4n) is 1.82. The van der Waals surface area contributed by atoms with Crippen molar-refractivity contribution < 1.29 is 4.79 Å². The number of amides is 1. The van der Waals surface area contributed by atoms with Gasteiger partial charge in [0.15, 0.2) is 5.13 Å². The maximum atomic E-state index is 12.3. The summed E-state index contributed by atoms with van der Waals surface area (Å²) in [7, 11) is 0. The van der Waals surface area contributed by atoms with E-state index in [1.165, 1.54) is 22.7 Å². The van der Waals surface area contributed by atoms with E-state index in [9.17, 15) is 4.79 Å². The van der Waals surface area contributed by atoms with Gasteiger partial charge < -0.3 is 0 Å². The van der Waals surface area contributed by atoms with E-state index >= 15 is 0 Å². The second-order valence-electron chi connectivity index (χ2n) is 4.24. The van der Waals surface area contributed by atoms with Crippen molar-refractivity contribution in [2.45, 2.75) is 6.92 Å². The Labute approximate surface area is 143 Å². The molecule has 3 rings (SSSR count). The van der Waals surface area contributed by atoms with Crippen molar-refractivity contribution in [3.05, 3.63) is 43.2 Å². The highest BCUT2D eigenvalue weighted by molar-refractivity contribution is 7.22. The summed E-state index contributed by atoms with van der Waals surface area (Å²) >= 11 is 21.0. The normalized spacial score (nSPS) is 11.0. The smallest absolute Gasteiger partial charge is 0.269 e. The number of hydrogen-bond acceptors (Lipinski definition) is 4. The first-order valence-corrected chi connectivity index (χ1v) is 8.53. The minimum Gasteiger partial charge on any atom is -0.297 e. The molecule has 0 spiro atoms. The summed E-state index contributed by atoms with van der Waals surface area (Å²) in [4.78, 5) is 17.8. The van der Waals surface area contributed by atoms with E-state index in [2.05, 4.69) is 10.3 Å². The lowest BCUT2D eigenvalue weighted by molar-refractivity contribution is 0.103. The highest BCUT2D eigenvalue weighted by Gasteiger charge is 2.20. The van der Waals surface area contributed by atoms with Gasteiger partial charge in [-0.3, -0.25) is 10.1 Å². The Bertz CT molecular complexity index is 857. The van der Waals surface area contributed by atoms with Gasteiger partial charge in [-0.05, 0) is 19.1 Å². The third kappa shape index (κ3) is 2.89. The van der Waals surface area contributed by atoms with E-state index in [0.717, 1.165) is 9.58 Å². The minimum absolute atomic E-state index is 0.303. The van der Waals surface area contributed by atoms with Crippen molar-refractivity contribution in [2.24, 2.45) is 0 Å². The lowest BCUT2D eigenvalue weighted by Gasteiger charge is -1.99. The van der Waals surface area contributed by atoms with Crippen LogP contribution in [-0.2, 0) is 0 Å². The molecule has 8 heteroatoms. The van der Waals surface area contributed by atoms with Gasteiger partial charge in [-0.15, -0.1) is 22.7 Å². The summed E-state index contributed by atoms with van der Waals surface area (Å²) in [6.07, 6.45) is 1.70. The van der Waals surface area contributed by atoms with Gasteiger partial charge in [0, 0.05) is 26.2 Å². The number of aryl methyl sites for hydroxylation is 1. The molecule has 0 saturated heterocycles. The van der Waals surface area contributed by atoms with Crippen molar-refractivity contribution in [1.82, 2.24) is 4.98 Å². The van der Waals surface area contributed by atoms with Crippen molar-refractivity contribution in [3.8, 4) is 0 Å². The van der Waals surface area contributed by atoms with Gasteiger partial charge in [0.2, 0.25) is 0 Å². The summed E-state index contributed by atoms with van der Waals surface area (Å²) in [6, 6.07) is 3.35. The van der Waals surface area contributed by atoms with Crippen LogP contribution in [0.3, 0.4) is 0 Å². The number of nitrogens with zero attached hydrogens (tertiary/aromatic N) is 1. The summed E-state index contributed by atoms with van der Waals surface area (Å²) in [6.45, 7) is 1.92. The average molecular weight is 378 g/mol. The third-order valence-corrected chi connectivity index (χ3v) is 5.67. The van der Waals surface area contributed by atoms with Crippen molar-refractivity contribution in [3.63, 3.8) is 0 Å². The second-order valence-corrected chi connectivity index (χ2v) is 7.74. The largest absolute Gasteiger partial charge is 0.297 e. The summed E-state index contributed by atoms with van der Waals surface area (Å²) < 4.78 is 0.776. The maximum Gasteiger partial charge on any atom is 0.269 e. The van der Waals surface area contributed by atoms with Gasteiger partial charge in [0.1, 0.15) is 4.88 Å². The molecule has 1 N–H and O–H groups in total. The summed E-state index contributed by atoms with van der Waals surface area (Å²) in [5, 5.41) is 5.19. The average Bonchev–Trinajstić information content (AvgIpc) is 2.93. The molecule has 0 saturated carbocycles. The number of carbonyl (C=O) groups excluding carboxylic acids is 1. The standard InChI is InChI=1S/C13H7Cl3N2OS2/c1-5-4-17-13(20-5)18-12(19)11-10(16)9-7(15)2-6(14)3-8(9)21-11/h2-4H,1H3,(H,17,18,19). The molecule has 0 bridgehead atoms. The van der Waals surface area contributed by atoms with Gasteiger partial charge in [-0.2, -0.15) is 0 Å². The monoisotopic (exact) mass is 376 g/mol. The number of fused-ring (bicyclic) bond motifs is 1. The van der Waals surface area contributed by atoms with Crippen LogP contribution in [0.2, 0.25) is 15.1 Å². The number of anilines is 1. The number of benzene rings is 1. The van der Waals surface area contributed by atoms with Crippen LogP contribution in [0.4, 0.5) is 5.13 Å². The first-order chi connectivity index (χ1) is 9.95. The van der Waals surface area contributed by atoms with Gasteiger partial charge in [-0.1, -0.05) is 34.8 Å². The Morgan fingerprint density at radius 1 is 1.24 bits per heavy atom. The van der Waals surface area contributed by atoms with E-state index in [1.54, 1.807) is 18.3 Å². The van der Waals surface area contributed by atoms with Crippen LogP contribution in [0.25, 0.3) is 10.1 Å². The summed E-state index contributed by atoms with van der Waals surface area (Å²) in [5.41, 5.74) is 0. The third-order valence-electron chi connectivity index (χ3n) is 2.70. The Balaban J connectivity index is 2.02. The van der Waals surface area contributed by atoms with Crippen LogP contribution >= 0.6 is 57.5 Å². The molecule has 0 fully saturated rings. The number of thiophene rings is 1. The van der Waals surface area contributed by atoms with E-state index in [-0.39, 0.29) is 5.91 Å². The van der Waals surface area contributed by atoms with Gasteiger partial charge >= 0.3 is 0 Å². The Hall–Kier alpha value is -0.850. The van der Waals surface area contributed by atoms with Crippen LogP contribution in [0, 0.1) is 6.92 Å². The fourth-order valence-corrected chi connectivity index (χ4v) is 4.76. The van der Waals surface area contributed by atoms with Crippen molar-refractivity contribution >= 4 is 78.6 Å². The first-order valence-electron chi connectivity index (χ1n) is 5.76. The molecule has 0 atom stereocenters. The molecule has 3 aromatic rings. The van der Waals surface area contributed by atoms with Crippen LogP contribution in [0.15, 0.2) is 18.3 Å². The fraction of sp³-hybridized carbons (Fsp3) is 0.0769. The highest BCUT2D eigenvalue weighted by atomic mass is 35.5. The number of aromatic nitrogens is 1. The maximum absolute atomic E-state index is 12.3. The minimum atomic E-state index is -0.303. The highest BCUT2D eigenvalue weighted by Crippen LogP contribution is 2.41. The van der Waals surface area contributed by atoms with E-state index in [1.807, 2.05) is 6.92 Å². The van der Waals surface area contributed by atoms with Gasteiger partial charge in [0.05, 0.1) is 10.0 Å². The van der Waals surface area contributed by atoms with Gasteiger partial charge in [0.25, 0.3) is 5.91 Å². The molecule has 0 aliphatic rings. The topological polar surface area (TPSA) is 42.0 Å². The molecule has 2 heterocycles. The SMILES string of the molecule is Cc1cnc(NC(=O)c2sc3cc(Cl)cc(Cl)c3c2Cl)s1. The molecule has 0 radical (unpaired) electrons. The lowest BCUT2D eigenvalue weighted by atomic mass is 10.2. The number of carbonyl (C=O) groups is 1. The second kappa shape index (κ2) is 5.74. The molecule has 1 amide bonds. The van der Waals surface area contributed by atoms with Crippen LogP contribution < -0.4 is 5.32 Å². The molecule has 3 nitrogen and oxygen atoms in total. The number of rotatable bonds is 2. The summed E-state index contributed by atoms with van der Waals surface area (Å²) in [5.74, 6) is -0.303. The predicted molar refractivity (Wildman–Crippen MR) is 91.7 cm³/mol. The predicted octanol–water partition coefficient (Wildman–Crippen LogP) is 5.88. The molecule has 108 valence electrons. The van der Waals surface area contributed by atoms with Crippen LogP contribution in [-0.4, -0.2) is 10.9 Å². The molecule has 2 aromatic heterocycles. The Morgan fingerprint density at radius 2 is 2.00 bits per heavy atom. The van der Waals surface area contributed by atoms with Crippen LogP contribution in [0.1, 0.15) is 14.5 Å². The van der Waals surface area contributed by atoms with E-state index in [0.29, 0.717) is 30.5 Å². The van der Waals surface area contributed by atoms with Crippen molar-refractivity contribution in [1.29, 1.82) is 0 Å². The lowest BCUT2D eigenvalue weighted by Crippen LogP contribution is -2.10. The zero-order chi connectivity index (χ0) is 15.1. The van der Waals surface area contributed by atoms with Crippen molar-refractivity contribution in [2.75, 3.05) is 5.32 Å². The number of hydrogen-bond donors (Lipinski definition) is 1. The molecule has 0 unspecified atom stereocenters. The Morgan fingerprint density at radius 3 is 2.67 bits per heavy atom. The molecule has 0 aliphatic carbocycles.